The van der Waals surface area contributed by atoms with Crippen molar-refractivity contribution >= 4 is 45.6 Å². The fourth-order valence-corrected chi connectivity index (χ4v) is 3.93. The van der Waals surface area contributed by atoms with Crippen molar-refractivity contribution in [1.82, 2.24) is 9.88 Å². The molecule has 0 N–H and O–H groups in total. The molecule has 0 bridgehead atoms. The molecule has 0 unspecified atom stereocenters. The molecule has 4 nitrogen and oxygen atoms in total. The minimum Gasteiger partial charge on any atom is -0.353 e. The normalized spacial score (nSPS) is 14.5. The Labute approximate surface area is 151 Å². The van der Waals surface area contributed by atoms with E-state index in [2.05, 4.69) is 16.0 Å². The van der Waals surface area contributed by atoms with E-state index in [1.54, 1.807) is 11.3 Å². The van der Waals surface area contributed by atoms with Crippen molar-refractivity contribution in [3.63, 3.8) is 0 Å². The van der Waals surface area contributed by atoms with Crippen LogP contribution in [0, 0.1) is 0 Å². The van der Waals surface area contributed by atoms with E-state index in [1.165, 1.54) is 4.70 Å². The molecule has 0 spiro atoms. The van der Waals surface area contributed by atoms with Crippen LogP contribution in [0.4, 0.5) is 5.82 Å². The van der Waals surface area contributed by atoms with Crippen molar-refractivity contribution < 1.29 is 4.79 Å². The molecular weight excluding hydrogens is 342 g/mol. The van der Waals surface area contributed by atoms with Crippen LogP contribution in [0.5, 0.6) is 0 Å². The van der Waals surface area contributed by atoms with Crippen LogP contribution >= 0.6 is 23.7 Å². The third kappa shape index (κ3) is 3.09. The number of benzene rings is 1. The van der Waals surface area contributed by atoms with Crippen LogP contribution in [0.15, 0.2) is 54.0 Å². The average molecular weight is 360 g/mol. The number of amides is 1. The van der Waals surface area contributed by atoms with Crippen molar-refractivity contribution in [1.29, 1.82) is 0 Å². The molecule has 4 rings (SSSR count). The highest BCUT2D eigenvalue weighted by Crippen LogP contribution is 2.27. The Kier molecular flexibility index (Phi) is 5.02. The third-order valence-corrected chi connectivity index (χ3v) is 5.22. The number of halogens is 1. The van der Waals surface area contributed by atoms with Gasteiger partial charge in [0.15, 0.2) is 0 Å². The smallest absolute Gasteiger partial charge is 0.255 e. The lowest BCUT2D eigenvalue weighted by atomic mass is 10.1. The van der Waals surface area contributed by atoms with Crippen LogP contribution in [-0.4, -0.2) is 42.0 Å². The highest BCUT2D eigenvalue weighted by atomic mass is 35.5. The van der Waals surface area contributed by atoms with Gasteiger partial charge in [-0.3, -0.25) is 4.79 Å². The average Bonchev–Trinajstić information content (AvgIpc) is 3.06. The molecule has 2 aromatic heterocycles. The minimum absolute atomic E-state index is 0. The zero-order valence-corrected chi connectivity index (χ0v) is 14.7. The summed E-state index contributed by atoms with van der Waals surface area (Å²) in [7, 11) is 0. The second-order valence-electron chi connectivity index (χ2n) is 5.61. The van der Waals surface area contributed by atoms with Crippen LogP contribution in [0.25, 0.3) is 10.1 Å². The molecule has 3 heterocycles. The summed E-state index contributed by atoms with van der Waals surface area (Å²) >= 11 is 1.64. The first kappa shape index (κ1) is 16.7. The number of fused-ring (bicyclic) bond motifs is 1. The standard InChI is InChI=1S/C18H17N3OS.ClH/c22-18(15-13-23-16-6-2-1-5-14(15)16)21-11-9-20(10-12-21)17-7-3-4-8-19-17;/h1-8,13H,9-12H2;1H. The van der Waals surface area contributed by atoms with E-state index in [0.717, 1.165) is 42.9 Å². The lowest BCUT2D eigenvalue weighted by molar-refractivity contribution is 0.0749. The Morgan fingerprint density at radius 1 is 1.00 bits per heavy atom. The molecular formula is C18H18ClN3OS. The van der Waals surface area contributed by atoms with Crippen molar-refractivity contribution in [2.24, 2.45) is 0 Å². The van der Waals surface area contributed by atoms with Gasteiger partial charge in [0.2, 0.25) is 0 Å². The maximum Gasteiger partial charge on any atom is 0.255 e. The maximum absolute atomic E-state index is 12.8. The first-order valence-corrected chi connectivity index (χ1v) is 8.62. The summed E-state index contributed by atoms with van der Waals surface area (Å²) in [5, 5.41) is 3.05. The van der Waals surface area contributed by atoms with E-state index in [9.17, 15) is 4.79 Å². The predicted molar refractivity (Wildman–Crippen MR) is 101 cm³/mol. The Morgan fingerprint density at radius 3 is 2.50 bits per heavy atom. The molecule has 0 radical (unpaired) electrons. The molecule has 0 aliphatic carbocycles. The van der Waals surface area contributed by atoms with Gasteiger partial charge < -0.3 is 9.80 Å². The molecule has 6 heteroatoms. The quantitative estimate of drug-likeness (QED) is 0.700. The third-order valence-electron chi connectivity index (χ3n) is 4.25. The SMILES string of the molecule is Cl.O=C(c1csc2ccccc12)N1CCN(c2ccccn2)CC1. The van der Waals surface area contributed by atoms with Gasteiger partial charge in [0, 0.05) is 47.8 Å². The summed E-state index contributed by atoms with van der Waals surface area (Å²) in [6.45, 7) is 3.12. The molecule has 0 atom stereocenters. The molecule has 1 saturated heterocycles. The lowest BCUT2D eigenvalue weighted by Crippen LogP contribution is -2.49. The van der Waals surface area contributed by atoms with Crippen molar-refractivity contribution in [3.05, 3.63) is 59.6 Å². The van der Waals surface area contributed by atoms with E-state index >= 15 is 0 Å². The monoisotopic (exact) mass is 359 g/mol. The molecule has 1 aliphatic heterocycles. The van der Waals surface area contributed by atoms with Crippen LogP contribution in [0.1, 0.15) is 10.4 Å². The summed E-state index contributed by atoms with van der Waals surface area (Å²) in [4.78, 5) is 21.4. The largest absolute Gasteiger partial charge is 0.353 e. The van der Waals surface area contributed by atoms with E-state index in [4.69, 9.17) is 0 Å². The van der Waals surface area contributed by atoms with E-state index < -0.39 is 0 Å². The van der Waals surface area contributed by atoms with E-state index in [0.29, 0.717) is 0 Å². The van der Waals surface area contributed by atoms with Crippen LogP contribution in [-0.2, 0) is 0 Å². The van der Waals surface area contributed by atoms with E-state index in [-0.39, 0.29) is 18.3 Å². The van der Waals surface area contributed by atoms with Gasteiger partial charge in [0.05, 0.1) is 5.56 Å². The number of piperazine rings is 1. The first-order valence-electron chi connectivity index (χ1n) is 7.74. The van der Waals surface area contributed by atoms with Crippen molar-refractivity contribution in [2.75, 3.05) is 31.1 Å². The van der Waals surface area contributed by atoms with Crippen LogP contribution < -0.4 is 4.90 Å². The van der Waals surface area contributed by atoms with Gasteiger partial charge in [0.1, 0.15) is 5.82 Å². The molecule has 1 fully saturated rings. The number of hydrogen-bond acceptors (Lipinski definition) is 4. The number of pyridine rings is 1. The number of carbonyl (C=O) groups is 1. The van der Waals surface area contributed by atoms with Crippen LogP contribution in [0.2, 0.25) is 0 Å². The zero-order chi connectivity index (χ0) is 15.6. The molecule has 3 aromatic rings. The zero-order valence-electron chi connectivity index (χ0n) is 13.1. The van der Waals surface area contributed by atoms with Gasteiger partial charge in [-0.15, -0.1) is 23.7 Å². The maximum atomic E-state index is 12.8. The van der Waals surface area contributed by atoms with E-state index in [1.807, 2.05) is 52.9 Å². The summed E-state index contributed by atoms with van der Waals surface area (Å²) in [5.41, 5.74) is 0.830. The highest BCUT2D eigenvalue weighted by Gasteiger charge is 2.24. The summed E-state index contributed by atoms with van der Waals surface area (Å²) in [6.07, 6.45) is 1.81. The second-order valence-corrected chi connectivity index (χ2v) is 6.52. The fraction of sp³-hybridized carbons (Fsp3) is 0.222. The topological polar surface area (TPSA) is 36.4 Å². The van der Waals surface area contributed by atoms with Gasteiger partial charge in [0.25, 0.3) is 5.91 Å². The number of aromatic nitrogens is 1. The number of rotatable bonds is 2. The van der Waals surface area contributed by atoms with Gasteiger partial charge >= 0.3 is 0 Å². The molecule has 1 aromatic carbocycles. The lowest BCUT2D eigenvalue weighted by Gasteiger charge is -2.35. The summed E-state index contributed by atoms with van der Waals surface area (Å²) in [5.74, 6) is 1.13. The Morgan fingerprint density at radius 2 is 1.75 bits per heavy atom. The molecule has 24 heavy (non-hydrogen) atoms. The predicted octanol–water partition coefficient (Wildman–Crippen LogP) is 3.68. The summed E-state index contributed by atoms with van der Waals surface area (Å²) < 4.78 is 1.17. The number of carbonyl (C=O) groups excluding carboxylic acids is 1. The number of nitrogens with zero attached hydrogens (tertiary/aromatic N) is 3. The molecule has 1 aliphatic rings. The number of thiophene rings is 1. The molecule has 0 saturated carbocycles. The summed E-state index contributed by atoms with van der Waals surface area (Å²) in [6, 6.07) is 14.0. The van der Waals surface area contributed by atoms with Crippen molar-refractivity contribution in [2.45, 2.75) is 0 Å². The molecule has 124 valence electrons. The Balaban J connectivity index is 0.00000169. The van der Waals surface area contributed by atoms with Gasteiger partial charge in [-0.2, -0.15) is 0 Å². The second kappa shape index (κ2) is 7.20. The van der Waals surface area contributed by atoms with Gasteiger partial charge in [-0.05, 0) is 18.2 Å². The first-order chi connectivity index (χ1) is 11.3. The Bertz CT molecular complexity index is 828. The number of anilines is 1. The van der Waals surface area contributed by atoms with Gasteiger partial charge in [-0.1, -0.05) is 24.3 Å². The minimum atomic E-state index is 0. The van der Waals surface area contributed by atoms with Gasteiger partial charge in [-0.25, -0.2) is 4.98 Å². The van der Waals surface area contributed by atoms with Crippen LogP contribution in [0.3, 0.4) is 0 Å². The highest BCUT2D eigenvalue weighted by molar-refractivity contribution is 7.17. The number of hydrogen-bond donors (Lipinski definition) is 0. The fourth-order valence-electron chi connectivity index (χ4n) is 2.99. The Hall–Kier alpha value is -2.11. The molecule has 1 amide bonds. The van der Waals surface area contributed by atoms with Crippen molar-refractivity contribution in [3.8, 4) is 0 Å².